The van der Waals surface area contributed by atoms with E-state index in [1.54, 1.807) is 6.21 Å². The van der Waals surface area contributed by atoms with Gasteiger partial charge in [0.1, 0.15) is 0 Å². The minimum absolute atomic E-state index is 0.110. The third-order valence-electron chi connectivity index (χ3n) is 6.78. The van der Waals surface area contributed by atoms with Gasteiger partial charge in [-0.2, -0.15) is 10.1 Å². The number of hydrogen-bond donors (Lipinski definition) is 0. The predicted octanol–water partition coefficient (Wildman–Crippen LogP) is 3.23. The van der Waals surface area contributed by atoms with Gasteiger partial charge in [0.15, 0.2) is 0 Å². The minimum Gasteiger partial charge on any atom is -0.272 e. The fourth-order valence-electron chi connectivity index (χ4n) is 5.54. The molecule has 0 N–H and O–H groups in total. The van der Waals surface area contributed by atoms with Gasteiger partial charge in [0.2, 0.25) is 0 Å². The van der Waals surface area contributed by atoms with Crippen LogP contribution < -0.4 is 0 Å². The molecule has 0 unspecified atom stereocenters. The van der Waals surface area contributed by atoms with Crippen LogP contribution in [-0.4, -0.2) is 23.0 Å². The van der Waals surface area contributed by atoms with Crippen molar-refractivity contribution in [2.45, 2.75) is 6.42 Å². The first-order chi connectivity index (χ1) is 12.7. The fraction of sp³-hybridized carbons (Fsp3) is 0.318. The molecule has 5 aliphatic rings. The van der Waals surface area contributed by atoms with E-state index in [0.717, 1.165) is 21.3 Å². The van der Waals surface area contributed by atoms with Crippen molar-refractivity contribution >= 4 is 28.8 Å². The summed E-state index contributed by atoms with van der Waals surface area (Å²) < 4.78 is 0. The lowest BCUT2D eigenvalue weighted by atomic mass is 9.63. The topological polar surface area (TPSA) is 49.7 Å². The Morgan fingerprint density at radius 2 is 1.54 bits per heavy atom. The summed E-state index contributed by atoms with van der Waals surface area (Å²) in [6, 6.07) is 14.0. The van der Waals surface area contributed by atoms with Crippen molar-refractivity contribution < 1.29 is 9.59 Å². The Labute approximate surface area is 151 Å². The number of hydrazone groups is 1. The van der Waals surface area contributed by atoms with Crippen molar-refractivity contribution in [3.8, 4) is 0 Å². The van der Waals surface area contributed by atoms with Crippen LogP contribution in [-0.2, 0) is 9.59 Å². The molecule has 2 aromatic rings. The zero-order valence-electron chi connectivity index (χ0n) is 14.2. The van der Waals surface area contributed by atoms with Crippen molar-refractivity contribution in [1.82, 2.24) is 5.01 Å². The average molecular weight is 342 g/mol. The quantitative estimate of drug-likeness (QED) is 0.478. The first-order valence-electron chi connectivity index (χ1n) is 9.32. The maximum absolute atomic E-state index is 12.9. The highest BCUT2D eigenvalue weighted by Gasteiger charge is 2.67. The normalized spacial score (nSPS) is 36.8. The van der Waals surface area contributed by atoms with Crippen molar-refractivity contribution in [2.75, 3.05) is 0 Å². The zero-order chi connectivity index (χ0) is 17.4. The summed E-state index contributed by atoms with van der Waals surface area (Å²) in [6.07, 6.45) is 7.20. The molecule has 4 aliphatic carbocycles. The van der Waals surface area contributed by atoms with Crippen LogP contribution in [0, 0.1) is 35.5 Å². The molecule has 2 saturated carbocycles. The first-order valence-corrected chi connectivity index (χ1v) is 9.32. The second-order valence-electron chi connectivity index (χ2n) is 7.96. The monoisotopic (exact) mass is 342 g/mol. The predicted molar refractivity (Wildman–Crippen MR) is 98.1 cm³/mol. The fourth-order valence-corrected chi connectivity index (χ4v) is 5.54. The van der Waals surface area contributed by atoms with Gasteiger partial charge < -0.3 is 0 Å². The van der Waals surface area contributed by atoms with E-state index in [1.165, 1.54) is 6.42 Å². The number of carbonyl (C=O) groups is 2. The largest absolute Gasteiger partial charge is 0.272 e. The lowest BCUT2D eigenvalue weighted by molar-refractivity contribution is -0.140. The minimum atomic E-state index is -0.189. The number of amides is 2. The standard InChI is InChI=1S/C22H18N2O2/c25-21-19-15-8-9-16(18-10-17(15)18)20(19)22(26)24(21)23-11-13-6-3-5-12-4-1-2-7-14(12)13/h1-9,11,15-20H,10H2/b23-11-/t15-,16-,17-,18-,19+,20+/m0/s1. The molecular weight excluding hydrogens is 324 g/mol. The van der Waals surface area contributed by atoms with Crippen LogP contribution >= 0.6 is 0 Å². The van der Waals surface area contributed by atoms with Crippen molar-refractivity contribution in [3.05, 3.63) is 60.2 Å². The summed E-state index contributed by atoms with van der Waals surface area (Å²) in [4.78, 5) is 25.9. The number of imide groups is 1. The molecule has 4 nitrogen and oxygen atoms in total. The molecule has 2 aromatic carbocycles. The third-order valence-corrected chi connectivity index (χ3v) is 6.78. The molecule has 0 spiro atoms. The molecule has 7 rings (SSSR count). The average Bonchev–Trinajstić information content (AvgIpc) is 3.45. The Morgan fingerprint density at radius 1 is 0.885 bits per heavy atom. The Hall–Kier alpha value is -2.75. The van der Waals surface area contributed by atoms with E-state index in [2.05, 4.69) is 17.3 Å². The van der Waals surface area contributed by atoms with Gasteiger partial charge in [-0.25, -0.2) is 0 Å². The summed E-state index contributed by atoms with van der Waals surface area (Å²) in [5.74, 6) is 1.11. The van der Waals surface area contributed by atoms with E-state index in [9.17, 15) is 9.59 Å². The Bertz CT molecular complexity index is 982. The van der Waals surface area contributed by atoms with Crippen LogP contribution in [0.2, 0.25) is 0 Å². The van der Waals surface area contributed by atoms with E-state index in [1.807, 2.05) is 42.5 Å². The van der Waals surface area contributed by atoms with Gasteiger partial charge in [-0.1, -0.05) is 54.6 Å². The van der Waals surface area contributed by atoms with Crippen molar-refractivity contribution in [1.29, 1.82) is 0 Å². The van der Waals surface area contributed by atoms with Gasteiger partial charge in [0.25, 0.3) is 11.8 Å². The van der Waals surface area contributed by atoms with Crippen LogP contribution in [0.15, 0.2) is 59.7 Å². The van der Waals surface area contributed by atoms with Crippen LogP contribution in [0.5, 0.6) is 0 Å². The number of rotatable bonds is 2. The lowest BCUT2D eigenvalue weighted by Gasteiger charge is -2.37. The van der Waals surface area contributed by atoms with E-state index in [-0.39, 0.29) is 35.5 Å². The summed E-state index contributed by atoms with van der Waals surface area (Å²) in [7, 11) is 0. The molecule has 3 fully saturated rings. The molecule has 1 heterocycles. The number of nitrogens with zero attached hydrogens (tertiary/aromatic N) is 2. The van der Waals surface area contributed by atoms with Crippen molar-refractivity contribution in [3.63, 3.8) is 0 Å². The maximum atomic E-state index is 12.9. The number of benzene rings is 2. The Kier molecular flexibility index (Phi) is 2.72. The molecule has 1 aliphatic heterocycles. The van der Waals surface area contributed by atoms with E-state index in [0.29, 0.717) is 11.8 Å². The number of fused-ring (bicyclic) bond motifs is 1. The van der Waals surface area contributed by atoms with Gasteiger partial charge >= 0.3 is 0 Å². The number of carbonyl (C=O) groups excluding carboxylic acids is 2. The van der Waals surface area contributed by atoms with E-state index >= 15 is 0 Å². The summed E-state index contributed by atoms with van der Waals surface area (Å²) in [6.45, 7) is 0. The molecule has 26 heavy (non-hydrogen) atoms. The highest BCUT2D eigenvalue weighted by Crippen LogP contribution is 2.65. The summed E-state index contributed by atoms with van der Waals surface area (Å²) in [5, 5.41) is 7.68. The van der Waals surface area contributed by atoms with E-state index < -0.39 is 0 Å². The van der Waals surface area contributed by atoms with Crippen LogP contribution in [0.3, 0.4) is 0 Å². The zero-order valence-corrected chi connectivity index (χ0v) is 14.2. The second kappa shape index (κ2) is 4.91. The molecule has 4 heteroatoms. The number of allylic oxidation sites excluding steroid dienone is 2. The van der Waals surface area contributed by atoms with Gasteiger partial charge in [-0.3, -0.25) is 9.59 Å². The van der Waals surface area contributed by atoms with Crippen LogP contribution in [0.25, 0.3) is 10.8 Å². The van der Waals surface area contributed by atoms with Crippen LogP contribution in [0.4, 0.5) is 0 Å². The maximum Gasteiger partial charge on any atom is 0.254 e. The summed E-state index contributed by atoms with van der Waals surface area (Å²) in [5.41, 5.74) is 0.919. The molecule has 0 radical (unpaired) electrons. The Morgan fingerprint density at radius 3 is 2.27 bits per heavy atom. The molecule has 2 bridgehead atoms. The van der Waals surface area contributed by atoms with Gasteiger partial charge in [-0.15, -0.1) is 0 Å². The van der Waals surface area contributed by atoms with Gasteiger partial charge in [-0.05, 0) is 40.9 Å². The first kappa shape index (κ1) is 14.4. The van der Waals surface area contributed by atoms with E-state index in [4.69, 9.17) is 0 Å². The lowest BCUT2D eigenvalue weighted by Crippen LogP contribution is -2.40. The highest BCUT2D eigenvalue weighted by molar-refractivity contribution is 6.07. The Balaban J connectivity index is 1.36. The summed E-state index contributed by atoms with van der Waals surface area (Å²) >= 11 is 0. The highest BCUT2D eigenvalue weighted by atomic mass is 16.2. The molecule has 0 aromatic heterocycles. The smallest absolute Gasteiger partial charge is 0.254 e. The van der Waals surface area contributed by atoms with Gasteiger partial charge in [0, 0.05) is 5.56 Å². The second-order valence-corrected chi connectivity index (χ2v) is 7.96. The molecule has 128 valence electrons. The van der Waals surface area contributed by atoms with Crippen molar-refractivity contribution in [2.24, 2.45) is 40.6 Å². The SMILES string of the molecule is O=C1[C@@H]2[C@H]3C=C[C@@H]([C@@H]4C[C@@H]34)[C@H]2C(=O)N1/N=C\c1cccc2ccccc12. The van der Waals surface area contributed by atoms with Gasteiger partial charge in [0.05, 0.1) is 18.1 Å². The molecular formula is C22H18N2O2. The third kappa shape index (κ3) is 1.77. The number of hydrogen-bond acceptors (Lipinski definition) is 3. The molecule has 1 saturated heterocycles. The van der Waals surface area contributed by atoms with Crippen LogP contribution in [0.1, 0.15) is 12.0 Å². The molecule has 6 atom stereocenters. The molecule has 2 amide bonds.